The van der Waals surface area contributed by atoms with Crippen LogP contribution in [0.3, 0.4) is 0 Å². The number of hydrogen-bond donors (Lipinski definition) is 0. The van der Waals surface area contributed by atoms with Crippen molar-refractivity contribution in [1.29, 1.82) is 0 Å². The van der Waals surface area contributed by atoms with E-state index in [2.05, 4.69) is 0 Å². The Bertz CT molecular complexity index is 468. The zero-order valence-corrected chi connectivity index (χ0v) is 11.7. The van der Waals surface area contributed by atoms with E-state index >= 15 is 0 Å². The van der Waals surface area contributed by atoms with Crippen LogP contribution in [0, 0.1) is 0 Å². The van der Waals surface area contributed by atoms with Gasteiger partial charge in [0.15, 0.2) is 0 Å². The van der Waals surface area contributed by atoms with E-state index in [1.165, 1.54) is 7.05 Å². The van der Waals surface area contributed by atoms with Crippen LogP contribution >= 0.6 is 0 Å². The van der Waals surface area contributed by atoms with E-state index in [0.29, 0.717) is 22.9 Å². The van der Waals surface area contributed by atoms with Gasteiger partial charge in [-0.2, -0.15) is 0 Å². The minimum Gasteiger partial charge on any atom is -0.372 e. The molecule has 2 fully saturated rings. The SMILES string of the molecule is C[C@H]1CN(C(=O)CN2C(=O)C(=O)N(C)C2=O)C[C@H](C)O1. The molecule has 110 valence electrons. The summed E-state index contributed by atoms with van der Waals surface area (Å²) in [5, 5.41) is 0. The molecule has 5 amide bonds. The Morgan fingerprint density at radius 1 is 1.15 bits per heavy atom. The molecular weight excluding hydrogens is 266 g/mol. The van der Waals surface area contributed by atoms with Crippen molar-refractivity contribution in [2.75, 3.05) is 26.7 Å². The molecule has 2 rings (SSSR count). The first-order valence-corrected chi connectivity index (χ1v) is 6.38. The minimum absolute atomic E-state index is 0.100. The lowest BCUT2D eigenvalue weighted by Crippen LogP contribution is -2.51. The predicted octanol–water partition coefficient (Wildman–Crippen LogP) is -0.957. The maximum absolute atomic E-state index is 12.1. The number of rotatable bonds is 2. The van der Waals surface area contributed by atoms with Crippen LogP contribution in [0.25, 0.3) is 0 Å². The fraction of sp³-hybridized carbons (Fsp3) is 0.667. The number of amides is 5. The fourth-order valence-electron chi connectivity index (χ4n) is 2.37. The van der Waals surface area contributed by atoms with Crippen LogP contribution in [0.2, 0.25) is 0 Å². The lowest BCUT2D eigenvalue weighted by molar-refractivity contribution is -0.148. The Balaban J connectivity index is 2.03. The summed E-state index contributed by atoms with van der Waals surface area (Å²) in [5.74, 6) is -2.23. The summed E-state index contributed by atoms with van der Waals surface area (Å²) in [6.45, 7) is 4.10. The minimum atomic E-state index is -0.958. The summed E-state index contributed by atoms with van der Waals surface area (Å²) in [4.78, 5) is 49.7. The summed E-state index contributed by atoms with van der Waals surface area (Å²) in [6, 6.07) is -0.761. The molecule has 0 aliphatic carbocycles. The fourth-order valence-corrected chi connectivity index (χ4v) is 2.37. The zero-order valence-electron chi connectivity index (χ0n) is 11.7. The standard InChI is InChI=1S/C12H17N3O5/c1-7-4-14(5-8(2)20-7)9(16)6-15-11(18)10(17)13(3)12(15)19/h7-8H,4-6H2,1-3H3/t7-,8-/m0/s1. The van der Waals surface area contributed by atoms with Gasteiger partial charge in [0.25, 0.3) is 0 Å². The van der Waals surface area contributed by atoms with Crippen LogP contribution in [-0.2, 0) is 19.1 Å². The van der Waals surface area contributed by atoms with Crippen LogP contribution in [0.4, 0.5) is 4.79 Å². The van der Waals surface area contributed by atoms with Crippen molar-refractivity contribution in [1.82, 2.24) is 14.7 Å². The van der Waals surface area contributed by atoms with Gasteiger partial charge in [0.2, 0.25) is 5.91 Å². The van der Waals surface area contributed by atoms with Gasteiger partial charge in [-0.25, -0.2) is 9.69 Å². The molecule has 0 saturated carbocycles. The number of hydrogen-bond acceptors (Lipinski definition) is 5. The van der Waals surface area contributed by atoms with Gasteiger partial charge in [-0.15, -0.1) is 0 Å². The van der Waals surface area contributed by atoms with Crippen molar-refractivity contribution in [3.8, 4) is 0 Å². The third-order valence-electron chi connectivity index (χ3n) is 3.32. The zero-order chi connectivity index (χ0) is 15.0. The molecule has 20 heavy (non-hydrogen) atoms. The Morgan fingerprint density at radius 2 is 1.70 bits per heavy atom. The molecule has 0 bridgehead atoms. The number of imide groups is 2. The van der Waals surface area contributed by atoms with Crippen molar-refractivity contribution in [3.63, 3.8) is 0 Å². The molecule has 2 aliphatic heterocycles. The van der Waals surface area contributed by atoms with Gasteiger partial charge in [-0.3, -0.25) is 19.3 Å². The van der Waals surface area contributed by atoms with Gasteiger partial charge >= 0.3 is 17.8 Å². The Morgan fingerprint density at radius 3 is 2.15 bits per heavy atom. The highest BCUT2D eigenvalue weighted by Gasteiger charge is 2.43. The highest BCUT2D eigenvalue weighted by Crippen LogP contribution is 2.13. The number of likely N-dealkylation sites (N-methyl/N-ethyl adjacent to an activating group) is 1. The number of carbonyl (C=O) groups is 4. The van der Waals surface area contributed by atoms with Crippen molar-refractivity contribution < 1.29 is 23.9 Å². The third kappa shape index (κ3) is 2.51. The lowest BCUT2D eigenvalue weighted by Gasteiger charge is -2.35. The molecule has 8 heteroatoms. The second-order valence-electron chi connectivity index (χ2n) is 5.09. The molecule has 2 atom stereocenters. The molecule has 2 saturated heterocycles. The summed E-state index contributed by atoms with van der Waals surface area (Å²) < 4.78 is 5.51. The Hall–Kier alpha value is -1.96. The molecule has 2 heterocycles. The number of urea groups is 1. The molecule has 0 radical (unpaired) electrons. The average Bonchev–Trinajstić information content (AvgIpc) is 2.55. The number of morpholine rings is 1. The quantitative estimate of drug-likeness (QED) is 0.481. The molecule has 0 spiro atoms. The molecule has 0 aromatic rings. The molecule has 2 aliphatic rings. The van der Waals surface area contributed by atoms with E-state index in [1.807, 2.05) is 13.8 Å². The van der Waals surface area contributed by atoms with Crippen molar-refractivity contribution in [2.45, 2.75) is 26.1 Å². The van der Waals surface area contributed by atoms with E-state index in [-0.39, 0.29) is 18.1 Å². The summed E-state index contributed by atoms with van der Waals surface area (Å²) >= 11 is 0. The van der Waals surface area contributed by atoms with Crippen LogP contribution in [-0.4, -0.2) is 77.3 Å². The monoisotopic (exact) mass is 283 g/mol. The van der Waals surface area contributed by atoms with Gasteiger partial charge in [0, 0.05) is 20.1 Å². The molecule has 0 unspecified atom stereocenters. The predicted molar refractivity (Wildman–Crippen MR) is 66.5 cm³/mol. The topological polar surface area (TPSA) is 87.2 Å². The van der Waals surface area contributed by atoms with Gasteiger partial charge in [0.05, 0.1) is 12.2 Å². The third-order valence-corrected chi connectivity index (χ3v) is 3.32. The summed E-state index contributed by atoms with van der Waals surface area (Å²) in [7, 11) is 1.21. The van der Waals surface area contributed by atoms with Gasteiger partial charge in [-0.1, -0.05) is 0 Å². The van der Waals surface area contributed by atoms with E-state index in [1.54, 1.807) is 4.90 Å². The average molecular weight is 283 g/mol. The highest BCUT2D eigenvalue weighted by molar-refractivity contribution is 6.44. The first kappa shape index (κ1) is 14.4. The molecule has 0 N–H and O–H groups in total. The second kappa shape index (κ2) is 5.20. The second-order valence-corrected chi connectivity index (χ2v) is 5.09. The van der Waals surface area contributed by atoms with Crippen LogP contribution in [0.1, 0.15) is 13.8 Å². The Kier molecular flexibility index (Phi) is 3.76. The van der Waals surface area contributed by atoms with Gasteiger partial charge in [0.1, 0.15) is 6.54 Å². The van der Waals surface area contributed by atoms with Crippen LogP contribution in [0.5, 0.6) is 0 Å². The normalized spacial score (nSPS) is 27.6. The van der Waals surface area contributed by atoms with Crippen molar-refractivity contribution in [2.24, 2.45) is 0 Å². The number of ether oxygens (including phenoxy) is 1. The van der Waals surface area contributed by atoms with Crippen LogP contribution in [0.15, 0.2) is 0 Å². The molecule has 8 nitrogen and oxygen atoms in total. The maximum atomic E-state index is 12.1. The summed E-state index contributed by atoms with van der Waals surface area (Å²) in [5.41, 5.74) is 0. The van der Waals surface area contributed by atoms with E-state index in [0.717, 1.165) is 0 Å². The highest BCUT2D eigenvalue weighted by atomic mass is 16.5. The lowest BCUT2D eigenvalue weighted by atomic mass is 10.2. The Labute approximate surface area is 116 Å². The first-order chi connectivity index (χ1) is 9.31. The van der Waals surface area contributed by atoms with E-state index in [4.69, 9.17) is 4.74 Å². The summed E-state index contributed by atoms with van der Waals surface area (Å²) in [6.07, 6.45) is -0.200. The van der Waals surface area contributed by atoms with Crippen molar-refractivity contribution in [3.05, 3.63) is 0 Å². The van der Waals surface area contributed by atoms with Gasteiger partial charge in [-0.05, 0) is 13.8 Å². The molecule has 0 aromatic heterocycles. The van der Waals surface area contributed by atoms with Crippen LogP contribution < -0.4 is 0 Å². The number of nitrogens with zero attached hydrogens (tertiary/aromatic N) is 3. The number of carbonyl (C=O) groups excluding carboxylic acids is 4. The largest absolute Gasteiger partial charge is 0.372 e. The molecule has 0 aromatic carbocycles. The maximum Gasteiger partial charge on any atom is 0.334 e. The van der Waals surface area contributed by atoms with E-state index in [9.17, 15) is 19.2 Å². The van der Waals surface area contributed by atoms with Gasteiger partial charge < -0.3 is 9.64 Å². The molecular formula is C12H17N3O5. The van der Waals surface area contributed by atoms with Crippen molar-refractivity contribution >= 4 is 23.8 Å². The smallest absolute Gasteiger partial charge is 0.334 e. The van der Waals surface area contributed by atoms with E-state index < -0.39 is 24.4 Å². The first-order valence-electron chi connectivity index (χ1n) is 6.38.